The van der Waals surface area contributed by atoms with Crippen LogP contribution in [0.4, 0.5) is 0 Å². The van der Waals surface area contributed by atoms with Crippen LogP contribution >= 0.6 is 0 Å². The summed E-state index contributed by atoms with van der Waals surface area (Å²) in [5.74, 6) is -0.169. The molecule has 2 rings (SSSR count). The predicted molar refractivity (Wildman–Crippen MR) is 73.8 cm³/mol. The van der Waals surface area contributed by atoms with E-state index in [2.05, 4.69) is 25.7 Å². The Balaban J connectivity index is 1.94. The van der Waals surface area contributed by atoms with Crippen LogP contribution < -0.4 is 4.74 Å². The lowest BCUT2D eigenvalue weighted by Gasteiger charge is -2.31. The Hall–Kier alpha value is -1.55. The van der Waals surface area contributed by atoms with Crippen LogP contribution in [0.3, 0.4) is 0 Å². The van der Waals surface area contributed by atoms with E-state index < -0.39 is 5.97 Å². The van der Waals surface area contributed by atoms with E-state index in [0.717, 1.165) is 25.3 Å². The number of benzene rings is 1. The van der Waals surface area contributed by atoms with Gasteiger partial charge in [-0.3, -0.25) is 4.90 Å². The average molecular weight is 263 g/mol. The second-order valence-electron chi connectivity index (χ2n) is 5.97. The van der Waals surface area contributed by atoms with Crippen LogP contribution in [-0.2, 0) is 0 Å². The molecule has 1 unspecified atom stereocenters. The third kappa shape index (κ3) is 3.47. The molecule has 104 valence electrons. The lowest BCUT2D eigenvalue weighted by Crippen LogP contribution is -2.40. The zero-order valence-electron chi connectivity index (χ0n) is 11.7. The molecular formula is C15H21NO3. The van der Waals surface area contributed by atoms with Gasteiger partial charge in [-0.05, 0) is 51.5 Å². The molecule has 0 aliphatic carbocycles. The zero-order chi connectivity index (χ0) is 14.0. The summed E-state index contributed by atoms with van der Waals surface area (Å²) in [6, 6.07) is 6.61. The first-order chi connectivity index (χ1) is 8.86. The van der Waals surface area contributed by atoms with Gasteiger partial charge in [-0.25, -0.2) is 4.79 Å². The second-order valence-corrected chi connectivity index (χ2v) is 5.97. The quantitative estimate of drug-likeness (QED) is 0.910. The first-order valence-corrected chi connectivity index (χ1v) is 6.61. The first-order valence-electron chi connectivity index (χ1n) is 6.61. The maximum atomic E-state index is 10.8. The van der Waals surface area contributed by atoms with E-state index in [1.54, 1.807) is 24.3 Å². The molecule has 0 saturated carbocycles. The summed E-state index contributed by atoms with van der Waals surface area (Å²) >= 11 is 0. The number of likely N-dealkylation sites (tertiary alicyclic amines) is 1. The van der Waals surface area contributed by atoms with Gasteiger partial charge in [-0.2, -0.15) is 0 Å². The van der Waals surface area contributed by atoms with Crippen molar-refractivity contribution in [1.82, 2.24) is 4.90 Å². The number of hydrogen-bond donors (Lipinski definition) is 1. The number of rotatable bonds is 3. The van der Waals surface area contributed by atoms with E-state index in [9.17, 15) is 4.79 Å². The van der Waals surface area contributed by atoms with Gasteiger partial charge >= 0.3 is 5.97 Å². The number of aromatic carboxylic acids is 1. The van der Waals surface area contributed by atoms with Gasteiger partial charge in [-0.15, -0.1) is 0 Å². The minimum atomic E-state index is -0.911. The fourth-order valence-electron chi connectivity index (χ4n) is 2.30. The molecular weight excluding hydrogens is 242 g/mol. The molecule has 0 amide bonds. The summed E-state index contributed by atoms with van der Waals surface area (Å²) < 4.78 is 5.90. The Morgan fingerprint density at radius 2 is 1.95 bits per heavy atom. The van der Waals surface area contributed by atoms with Crippen LogP contribution in [0.25, 0.3) is 0 Å². The van der Waals surface area contributed by atoms with E-state index in [1.807, 2.05) is 0 Å². The highest BCUT2D eigenvalue weighted by Gasteiger charge is 2.31. The van der Waals surface area contributed by atoms with Gasteiger partial charge in [0.05, 0.1) is 5.56 Å². The molecule has 1 aromatic rings. The lowest BCUT2D eigenvalue weighted by atomic mass is 10.1. The molecule has 1 aliphatic heterocycles. The number of ether oxygens (including phenoxy) is 1. The molecule has 19 heavy (non-hydrogen) atoms. The summed E-state index contributed by atoms with van der Waals surface area (Å²) in [4.78, 5) is 13.2. The van der Waals surface area contributed by atoms with Crippen molar-refractivity contribution in [1.29, 1.82) is 0 Å². The van der Waals surface area contributed by atoms with Crippen LogP contribution in [0.15, 0.2) is 24.3 Å². The van der Waals surface area contributed by atoms with Gasteiger partial charge in [0.1, 0.15) is 11.9 Å². The molecule has 1 atom stereocenters. The third-order valence-electron chi connectivity index (χ3n) is 3.50. The predicted octanol–water partition coefficient (Wildman–Crippen LogP) is 2.64. The molecule has 1 heterocycles. The average Bonchev–Trinajstić information content (AvgIpc) is 2.78. The molecule has 1 aromatic carbocycles. The van der Waals surface area contributed by atoms with Crippen LogP contribution in [0.2, 0.25) is 0 Å². The van der Waals surface area contributed by atoms with Crippen molar-refractivity contribution in [2.75, 3.05) is 13.1 Å². The van der Waals surface area contributed by atoms with Crippen molar-refractivity contribution in [3.63, 3.8) is 0 Å². The number of nitrogens with zero attached hydrogens (tertiary/aromatic N) is 1. The highest BCUT2D eigenvalue weighted by molar-refractivity contribution is 5.87. The van der Waals surface area contributed by atoms with E-state index in [-0.39, 0.29) is 17.2 Å². The van der Waals surface area contributed by atoms with E-state index in [0.29, 0.717) is 0 Å². The lowest BCUT2D eigenvalue weighted by molar-refractivity contribution is 0.0697. The fourth-order valence-corrected chi connectivity index (χ4v) is 2.30. The zero-order valence-corrected chi connectivity index (χ0v) is 11.7. The van der Waals surface area contributed by atoms with Crippen LogP contribution in [0, 0.1) is 0 Å². The summed E-state index contributed by atoms with van der Waals surface area (Å²) in [5, 5.41) is 8.84. The molecule has 1 N–H and O–H groups in total. The second kappa shape index (κ2) is 5.21. The van der Waals surface area contributed by atoms with Gasteiger partial charge in [-0.1, -0.05) is 0 Å². The summed E-state index contributed by atoms with van der Waals surface area (Å²) in [5.41, 5.74) is 0.459. The Morgan fingerprint density at radius 1 is 1.32 bits per heavy atom. The van der Waals surface area contributed by atoms with Crippen molar-refractivity contribution in [2.45, 2.75) is 38.8 Å². The minimum Gasteiger partial charge on any atom is -0.489 e. The molecule has 0 bridgehead atoms. The highest BCUT2D eigenvalue weighted by atomic mass is 16.5. The number of hydrogen-bond acceptors (Lipinski definition) is 3. The van der Waals surface area contributed by atoms with Crippen molar-refractivity contribution < 1.29 is 14.6 Å². The highest BCUT2D eigenvalue weighted by Crippen LogP contribution is 2.24. The van der Waals surface area contributed by atoms with E-state index in [1.165, 1.54) is 0 Å². The summed E-state index contributed by atoms with van der Waals surface area (Å²) in [7, 11) is 0. The maximum Gasteiger partial charge on any atom is 0.335 e. The number of carboxylic acids is 1. The fraction of sp³-hybridized carbons (Fsp3) is 0.533. The van der Waals surface area contributed by atoms with Gasteiger partial charge in [0.15, 0.2) is 0 Å². The van der Waals surface area contributed by atoms with Gasteiger partial charge in [0.2, 0.25) is 0 Å². The van der Waals surface area contributed by atoms with Gasteiger partial charge in [0.25, 0.3) is 0 Å². The molecule has 4 nitrogen and oxygen atoms in total. The molecule has 0 aromatic heterocycles. The topological polar surface area (TPSA) is 49.8 Å². The maximum absolute atomic E-state index is 10.8. The first kappa shape index (κ1) is 13.9. The Kier molecular flexibility index (Phi) is 3.80. The largest absolute Gasteiger partial charge is 0.489 e. The normalized spacial score (nSPS) is 20.5. The summed E-state index contributed by atoms with van der Waals surface area (Å²) in [6.45, 7) is 8.58. The van der Waals surface area contributed by atoms with Crippen molar-refractivity contribution in [3.8, 4) is 5.75 Å². The van der Waals surface area contributed by atoms with Gasteiger partial charge in [0, 0.05) is 18.6 Å². The Labute approximate surface area is 114 Å². The smallest absolute Gasteiger partial charge is 0.335 e. The van der Waals surface area contributed by atoms with Crippen molar-refractivity contribution >= 4 is 5.97 Å². The Morgan fingerprint density at radius 3 is 2.42 bits per heavy atom. The number of carbonyl (C=O) groups is 1. The summed E-state index contributed by atoms with van der Waals surface area (Å²) in [6.07, 6.45) is 1.20. The molecule has 1 aliphatic rings. The minimum absolute atomic E-state index is 0.172. The van der Waals surface area contributed by atoms with E-state index >= 15 is 0 Å². The molecule has 1 fully saturated rings. The van der Waals surface area contributed by atoms with Crippen LogP contribution in [0.1, 0.15) is 37.6 Å². The molecule has 0 radical (unpaired) electrons. The van der Waals surface area contributed by atoms with Gasteiger partial charge < -0.3 is 9.84 Å². The molecule has 4 heteroatoms. The van der Waals surface area contributed by atoms with Crippen molar-refractivity contribution in [3.05, 3.63) is 29.8 Å². The Bertz CT molecular complexity index is 447. The van der Waals surface area contributed by atoms with Crippen LogP contribution in [-0.4, -0.2) is 40.7 Å². The monoisotopic (exact) mass is 263 g/mol. The number of carboxylic acid groups (broad SMARTS) is 1. The van der Waals surface area contributed by atoms with E-state index in [4.69, 9.17) is 9.84 Å². The van der Waals surface area contributed by atoms with Crippen LogP contribution in [0.5, 0.6) is 5.75 Å². The standard InChI is InChI=1S/C15H21NO3/c1-15(2,3)16-9-8-13(10-16)19-12-6-4-11(5-7-12)14(17)18/h4-7,13H,8-10H2,1-3H3,(H,17,18). The SMILES string of the molecule is CC(C)(C)N1CCC(Oc2ccc(C(=O)O)cc2)C1. The third-order valence-corrected chi connectivity index (χ3v) is 3.50. The molecule has 1 saturated heterocycles. The molecule has 0 spiro atoms. The van der Waals surface area contributed by atoms with Crippen molar-refractivity contribution in [2.24, 2.45) is 0 Å².